The van der Waals surface area contributed by atoms with E-state index in [0.717, 1.165) is 27.2 Å². The molecule has 1 aromatic carbocycles. The first kappa shape index (κ1) is 13.8. The summed E-state index contributed by atoms with van der Waals surface area (Å²) in [7, 11) is 1.60. The Hall–Kier alpha value is -1.60. The van der Waals surface area contributed by atoms with Gasteiger partial charge in [-0.2, -0.15) is 0 Å². The number of aromatic carboxylic acids is 1. The lowest BCUT2D eigenvalue weighted by Crippen LogP contribution is -2.03. The summed E-state index contributed by atoms with van der Waals surface area (Å²) in [5.41, 5.74) is 1.51. The zero-order valence-electron chi connectivity index (χ0n) is 10.0. The first-order valence-electron chi connectivity index (χ1n) is 5.35. The fourth-order valence-corrected chi connectivity index (χ4v) is 2.51. The molecule has 2 N–H and O–H groups in total. The van der Waals surface area contributed by atoms with Gasteiger partial charge in [-0.15, -0.1) is 11.3 Å². The molecule has 1 heterocycles. The monoisotopic (exact) mass is 342 g/mol. The highest BCUT2D eigenvalue weighted by molar-refractivity contribution is 9.10. The quantitative estimate of drug-likeness (QED) is 0.872. The third-order valence-electron chi connectivity index (χ3n) is 2.36. The van der Waals surface area contributed by atoms with E-state index in [4.69, 9.17) is 9.84 Å². The van der Waals surface area contributed by atoms with Crippen LogP contribution in [-0.4, -0.2) is 23.2 Å². The highest BCUT2D eigenvalue weighted by Gasteiger charge is 2.09. The largest absolute Gasteiger partial charge is 0.495 e. The SMILES string of the molecule is COc1ccc(Br)cc1NCc1csc(C(=O)O)n1. The average molecular weight is 343 g/mol. The normalized spacial score (nSPS) is 10.2. The van der Waals surface area contributed by atoms with Crippen LogP contribution in [0.2, 0.25) is 0 Å². The molecule has 5 nitrogen and oxygen atoms in total. The van der Waals surface area contributed by atoms with E-state index in [1.54, 1.807) is 12.5 Å². The molecule has 0 fully saturated rings. The Bertz CT molecular complexity index is 600. The summed E-state index contributed by atoms with van der Waals surface area (Å²) in [4.78, 5) is 14.7. The Labute approximate surface area is 122 Å². The lowest BCUT2D eigenvalue weighted by Gasteiger charge is -2.10. The summed E-state index contributed by atoms with van der Waals surface area (Å²) in [6.45, 7) is 0.441. The van der Waals surface area contributed by atoms with Gasteiger partial charge in [-0.3, -0.25) is 0 Å². The molecule has 0 aliphatic carbocycles. The molecular formula is C12H11BrN2O3S. The first-order chi connectivity index (χ1) is 9.10. The number of carbonyl (C=O) groups is 1. The lowest BCUT2D eigenvalue weighted by molar-refractivity contribution is 0.0696. The molecule has 0 radical (unpaired) electrons. The van der Waals surface area contributed by atoms with Crippen LogP contribution >= 0.6 is 27.3 Å². The van der Waals surface area contributed by atoms with Crippen LogP contribution in [0.4, 0.5) is 5.69 Å². The molecule has 0 spiro atoms. The predicted molar refractivity (Wildman–Crippen MR) is 77.1 cm³/mol. The van der Waals surface area contributed by atoms with Crippen LogP contribution in [0, 0.1) is 0 Å². The minimum atomic E-state index is -1.00. The summed E-state index contributed by atoms with van der Waals surface area (Å²) in [6, 6.07) is 5.62. The van der Waals surface area contributed by atoms with Gasteiger partial charge in [0.1, 0.15) is 5.75 Å². The highest BCUT2D eigenvalue weighted by Crippen LogP contribution is 2.28. The number of hydrogen-bond donors (Lipinski definition) is 2. The molecule has 2 aromatic rings. The molecule has 0 amide bonds. The fraction of sp³-hybridized carbons (Fsp3) is 0.167. The molecule has 0 bridgehead atoms. The van der Waals surface area contributed by atoms with E-state index in [2.05, 4.69) is 26.2 Å². The molecule has 7 heteroatoms. The summed E-state index contributed by atoms with van der Waals surface area (Å²) >= 11 is 4.50. The number of nitrogens with one attached hydrogen (secondary N) is 1. The van der Waals surface area contributed by atoms with Crippen molar-refractivity contribution in [2.75, 3.05) is 12.4 Å². The number of halogens is 1. The van der Waals surface area contributed by atoms with Crippen LogP contribution in [0.1, 0.15) is 15.5 Å². The number of benzene rings is 1. The van der Waals surface area contributed by atoms with E-state index >= 15 is 0 Å². The van der Waals surface area contributed by atoms with Gasteiger partial charge < -0.3 is 15.2 Å². The Morgan fingerprint density at radius 3 is 3.00 bits per heavy atom. The van der Waals surface area contributed by atoms with E-state index in [1.807, 2.05) is 18.2 Å². The molecule has 0 atom stereocenters. The third kappa shape index (κ3) is 3.45. The minimum Gasteiger partial charge on any atom is -0.495 e. The summed E-state index contributed by atoms with van der Waals surface area (Å²) in [5.74, 6) is -0.284. The minimum absolute atomic E-state index is 0.0954. The predicted octanol–water partition coefficient (Wildman–Crippen LogP) is 3.22. The number of ether oxygens (including phenoxy) is 1. The molecule has 1 aromatic heterocycles. The highest BCUT2D eigenvalue weighted by atomic mass is 79.9. The van der Waals surface area contributed by atoms with Crippen molar-refractivity contribution < 1.29 is 14.6 Å². The van der Waals surface area contributed by atoms with Crippen LogP contribution in [0.25, 0.3) is 0 Å². The van der Waals surface area contributed by atoms with Gasteiger partial charge in [-0.25, -0.2) is 9.78 Å². The van der Waals surface area contributed by atoms with Gasteiger partial charge in [0.05, 0.1) is 25.0 Å². The Kier molecular flexibility index (Phi) is 4.39. The number of thiazole rings is 1. The first-order valence-corrected chi connectivity index (χ1v) is 7.02. The number of rotatable bonds is 5. The molecule has 0 saturated heterocycles. The second-order valence-corrected chi connectivity index (χ2v) is 5.42. The maximum atomic E-state index is 10.7. The van der Waals surface area contributed by atoms with Crippen molar-refractivity contribution in [3.8, 4) is 5.75 Å². The second kappa shape index (κ2) is 6.03. The standard InChI is InChI=1S/C12H11BrN2O3S/c1-18-10-3-2-7(13)4-9(10)14-5-8-6-19-11(15-8)12(16)17/h2-4,6,14H,5H2,1H3,(H,16,17). The number of aromatic nitrogens is 1. The Morgan fingerprint density at radius 1 is 1.58 bits per heavy atom. The van der Waals surface area contributed by atoms with E-state index in [1.165, 1.54) is 0 Å². The van der Waals surface area contributed by atoms with Gasteiger partial charge in [-0.05, 0) is 18.2 Å². The molecule has 0 aliphatic heterocycles. The van der Waals surface area contributed by atoms with Crippen molar-refractivity contribution in [1.82, 2.24) is 4.98 Å². The van der Waals surface area contributed by atoms with Crippen LogP contribution in [0.15, 0.2) is 28.1 Å². The average Bonchev–Trinajstić information content (AvgIpc) is 2.85. The van der Waals surface area contributed by atoms with Crippen molar-refractivity contribution in [2.24, 2.45) is 0 Å². The van der Waals surface area contributed by atoms with Gasteiger partial charge in [0, 0.05) is 9.85 Å². The smallest absolute Gasteiger partial charge is 0.365 e. The molecule has 0 saturated carbocycles. The Balaban J connectivity index is 2.09. The topological polar surface area (TPSA) is 71.5 Å². The number of nitrogens with zero attached hydrogens (tertiary/aromatic N) is 1. The maximum Gasteiger partial charge on any atom is 0.365 e. The summed E-state index contributed by atoms with van der Waals surface area (Å²) in [5, 5.41) is 13.8. The van der Waals surface area contributed by atoms with Crippen LogP contribution in [-0.2, 0) is 6.54 Å². The van der Waals surface area contributed by atoms with Gasteiger partial charge in [0.25, 0.3) is 0 Å². The van der Waals surface area contributed by atoms with Crippen LogP contribution < -0.4 is 10.1 Å². The van der Waals surface area contributed by atoms with Crippen molar-refractivity contribution in [2.45, 2.75) is 6.54 Å². The van der Waals surface area contributed by atoms with Crippen LogP contribution in [0.5, 0.6) is 5.75 Å². The molecule has 19 heavy (non-hydrogen) atoms. The second-order valence-electron chi connectivity index (χ2n) is 3.65. The Morgan fingerprint density at radius 2 is 2.37 bits per heavy atom. The van der Waals surface area contributed by atoms with Gasteiger partial charge >= 0.3 is 5.97 Å². The maximum absolute atomic E-state index is 10.7. The summed E-state index contributed by atoms with van der Waals surface area (Å²) < 4.78 is 6.17. The van der Waals surface area contributed by atoms with Gasteiger partial charge in [0.15, 0.2) is 0 Å². The fourth-order valence-electron chi connectivity index (χ4n) is 1.49. The van der Waals surface area contributed by atoms with Crippen LogP contribution in [0.3, 0.4) is 0 Å². The van der Waals surface area contributed by atoms with Crippen molar-refractivity contribution in [3.05, 3.63) is 38.8 Å². The molecule has 0 unspecified atom stereocenters. The molecule has 0 aliphatic rings. The van der Waals surface area contributed by atoms with Crippen molar-refractivity contribution in [3.63, 3.8) is 0 Å². The van der Waals surface area contributed by atoms with E-state index in [-0.39, 0.29) is 5.01 Å². The molecule has 100 valence electrons. The zero-order valence-corrected chi connectivity index (χ0v) is 12.4. The number of methoxy groups -OCH3 is 1. The lowest BCUT2D eigenvalue weighted by atomic mass is 10.3. The van der Waals surface area contributed by atoms with Crippen molar-refractivity contribution in [1.29, 1.82) is 0 Å². The van der Waals surface area contributed by atoms with E-state index in [0.29, 0.717) is 12.2 Å². The molecule has 2 rings (SSSR count). The number of anilines is 1. The summed E-state index contributed by atoms with van der Waals surface area (Å²) in [6.07, 6.45) is 0. The van der Waals surface area contributed by atoms with Crippen molar-refractivity contribution >= 4 is 38.9 Å². The number of carboxylic acid groups (broad SMARTS) is 1. The number of carboxylic acids is 1. The zero-order chi connectivity index (χ0) is 13.8. The van der Waals surface area contributed by atoms with E-state index in [9.17, 15) is 4.79 Å². The number of hydrogen-bond acceptors (Lipinski definition) is 5. The van der Waals surface area contributed by atoms with Gasteiger partial charge in [0.2, 0.25) is 5.01 Å². The van der Waals surface area contributed by atoms with Gasteiger partial charge in [-0.1, -0.05) is 15.9 Å². The third-order valence-corrected chi connectivity index (χ3v) is 3.73. The van der Waals surface area contributed by atoms with E-state index < -0.39 is 5.97 Å². The molecular weight excluding hydrogens is 332 g/mol.